The van der Waals surface area contributed by atoms with Crippen LogP contribution in [-0.4, -0.2) is 44.8 Å². The van der Waals surface area contributed by atoms with Gasteiger partial charge in [-0.05, 0) is 88.5 Å². The van der Waals surface area contributed by atoms with Gasteiger partial charge in [-0.3, -0.25) is 15.0 Å². The molecule has 0 saturated carbocycles. The fourth-order valence-electron chi connectivity index (χ4n) is 7.85. The summed E-state index contributed by atoms with van der Waals surface area (Å²) < 4.78 is 22.9. The second kappa shape index (κ2) is 21.1. The quantitative estimate of drug-likeness (QED) is 0.0593. The lowest BCUT2D eigenvalue weighted by Gasteiger charge is -2.24. The summed E-state index contributed by atoms with van der Waals surface area (Å²) in [7, 11) is 3.13. The van der Waals surface area contributed by atoms with E-state index in [0.29, 0.717) is 34.8 Å². The van der Waals surface area contributed by atoms with E-state index in [2.05, 4.69) is 46.6 Å². The monoisotopic (exact) mass is 846 g/mol. The Kier molecular flexibility index (Phi) is 14.7. The molecule has 0 bridgehead atoms. The van der Waals surface area contributed by atoms with Gasteiger partial charge in [0.1, 0.15) is 29.9 Å². The number of fused-ring (bicyclic) bond motifs is 3. The molecule has 0 aromatic heterocycles. The van der Waals surface area contributed by atoms with Gasteiger partial charge in [0.15, 0.2) is 6.61 Å². The number of ether oxygens (including phenoxy) is 4. The van der Waals surface area contributed by atoms with Crippen LogP contribution in [0, 0.1) is 6.92 Å². The lowest BCUT2D eigenvalue weighted by atomic mass is 9.97. The standard InChI is InChI=1S/C52H54N4O7/c1-5-6-19-46(51(58)53-49(35-13-8-7-9-14-35)36-22-20-34(2)21-23-36)55-56-48(57)33-62-40-26-24-37(25-27-40)50(44-29-28-41(60-3)31-47(44)61-4)54-52(59)63-32-39-16-12-18-43-42-17-11-10-15-38(42)30-45(39)43/h7-18,20-29,31,46,49-50,55H,5-6,19,30,32-33H2,1-4H3,(H,53,58)(H,54,59)(H,56,57)/t46-,49?,50?/m0/s1. The van der Waals surface area contributed by atoms with Crippen LogP contribution >= 0.6 is 0 Å². The van der Waals surface area contributed by atoms with Crippen LogP contribution in [0.25, 0.3) is 11.1 Å². The fraction of sp³-hybridized carbons (Fsp3) is 0.250. The number of hydrogen-bond acceptors (Lipinski definition) is 8. The molecule has 0 aliphatic heterocycles. The number of benzene rings is 6. The van der Waals surface area contributed by atoms with E-state index in [0.717, 1.165) is 52.6 Å². The maximum Gasteiger partial charge on any atom is 0.408 e. The zero-order valence-corrected chi connectivity index (χ0v) is 36.1. The molecule has 6 aromatic carbocycles. The summed E-state index contributed by atoms with van der Waals surface area (Å²) in [5.41, 5.74) is 15.8. The Hall–Kier alpha value is -7.11. The Morgan fingerprint density at radius 3 is 2.11 bits per heavy atom. The highest BCUT2D eigenvalue weighted by Gasteiger charge is 2.26. The molecule has 63 heavy (non-hydrogen) atoms. The van der Waals surface area contributed by atoms with E-state index in [-0.39, 0.29) is 25.2 Å². The Balaban J connectivity index is 0.987. The molecule has 1 aliphatic rings. The summed E-state index contributed by atoms with van der Waals surface area (Å²) in [5, 5.41) is 6.25. The van der Waals surface area contributed by atoms with Crippen molar-refractivity contribution in [1.82, 2.24) is 21.5 Å². The van der Waals surface area contributed by atoms with Gasteiger partial charge in [0, 0.05) is 11.6 Å². The largest absolute Gasteiger partial charge is 0.497 e. The van der Waals surface area contributed by atoms with Gasteiger partial charge in [-0.1, -0.05) is 135 Å². The van der Waals surface area contributed by atoms with Crippen LogP contribution in [0.2, 0.25) is 0 Å². The van der Waals surface area contributed by atoms with Crippen LogP contribution in [0.3, 0.4) is 0 Å². The van der Waals surface area contributed by atoms with E-state index < -0.39 is 24.1 Å². The van der Waals surface area contributed by atoms with Crippen molar-refractivity contribution in [1.29, 1.82) is 0 Å². The SMILES string of the molecule is CCCC[C@H](NNC(=O)COc1ccc(C(NC(=O)OCc2cccc3c2Cc2ccccc2-3)c2ccc(OC)cc2OC)cc1)C(=O)NC(c1ccccc1)c1ccc(C)cc1. The summed E-state index contributed by atoms with van der Waals surface area (Å²) in [6, 6.07) is 43.1. The lowest BCUT2D eigenvalue weighted by Crippen LogP contribution is -2.53. The Morgan fingerprint density at radius 2 is 1.37 bits per heavy atom. The zero-order chi connectivity index (χ0) is 44.1. The Bertz CT molecular complexity index is 2490. The van der Waals surface area contributed by atoms with Crippen LogP contribution in [-0.2, 0) is 27.4 Å². The van der Waals surface area contributed by atoms with Crippen molar-refractivity contribution in [3.05, 3.63) is 184 Å². The number of carbonyl (C=O) groups is 3. The third-order valence-corrected chi connectivity index (χ3v) is 11.3. The zero-order valence-electron chi connectivity index (χ0n) is 36.1. The predicted octanol–water partition coefficient (Wildman–Crippen LogP) is 9.06. The van der Waals surface area contributed by atoms with Crippen molar-refractivity contribution in [3.63, 3.8) is 0 Å². The topological polar surface area (TPSA) is 136 Å². The molecule has 3 amide bonds. The van der Waals surface area contributed by atoms with E-state index in [4.69, 9.17) is 18.9 Å². The number of hydrogen-bond donors (Lipinski definition) is 4. The molecule has 1 aliphatic carbocycles. The molecule has 324 valence electrons. The molecular weight excluding hydrogens is 793 g/mol. The summed E-state index contributed by atoms with van der Waals surface area (Å²) >= 11 is 0. The van der Waals surface area contributed by atoms with Crippen molar-refractivity contribution < 1.29 is 33.3 Å². The van der Waals surface area contributed by atoms with Gasteiger partial charge in [-0.15, -0.1) is 0 Å². The van der Waals surface area contributed by atoms with Crippen LogP contribution in [0.5, 0.6) is 17.2 Å². The molecule has 0 heterocycles. The third kappa shape index (κ3) is 11.0. The smallest absolute Gasteiger partial charge is 0.408 e. The number of rotatable bonds is 19. The molecule has 0 radical (unpaired) electrons. The van der Waals surface area contributed by atoms with Gasteiger partial charge in [0.05, 0.1) is 26.3 Å². The van der Waals surface area contributed by atoms with Crippen molar-refractivity contribution >= 4 is 17.9 Å². The van der Waals surface area contributed by atoms with Gasteiger partial charge >= 0.3 is 6.09 Å². The second-order valence-corrected chi connectivity index (χ2v) is 15.5. The first-order chi connectivity index (χ1) is 30.7. The number of amides is 3. The fourth-order valence-corrected chi connectivity index (χ4v) is 7.85. The number of carbonyl (C=O) groups excluding carboxylic acids is 3. The molecule has 11 heteroatoms. The summed E-state index contributed by atoms with van der Waals surface area (Å²) in [6.45, 7) is 3.88. The van der Waals surface area contributed by atoms with E-state index in [1.807, 2.05) is 104 Å². The number of hydrazine groups is 1. The van der Waals surface area contributed by atoms with Crippen LogP contribution in [0.1, 0.15) is 82.8 Å². The maximum atomic E-state index is 13.8. The number of aryl methyl sites for hydroxylation is 1. The van der Waals surface area contributed by atoms with Gasteiger partial charge in [0.2, 0.25) is 5.91 Å². The molecule has 0 saturated heterocycles. The van der Waals surface area contributed by atoms with E-state index in [9.17, 15) is 14.4 Å². The first-order valence-corrected chi connectivity index (χ1v) is 21.3. The van der Waals surface area contributed by atoms with E-state index in [1.54, 1.807) is 38.5 Å². The number of unbranched alkanes of at least 4 members (excludes halogenated alkanes) is 1. The number of alkyl carbamates (subject to hydrolysis) is 1. The Morgan fingerprint density at radius 1 is 0.683 bits per heavy atom. The summed E-state index contributed by atoms with van der Waals surface area (Å²) in [5.74, 6) is 0.858. The third-order valence-electron chi connectivity index (χ3n) is 11.3. The van der Waals surface area contributed by atoms with Crippen molar-refractivity contribution in [2.75, 3.05) is 20.8 Å². The van der Waals surface area contributed by atoms with Gasteiger partial charge in [-0.2, -0.15) is 0 Å². The second-order valence-electron chi connectivity index (χ2n) is 15.5. The van der Waals surface area contributed by atoms with Crippen molar-refractivity contribution in [2.45, 2.75) is 64.3 Å². The highest BCUT2D eigenvalue weighted by atomic mass is 16.5. The highest BCUT2D eigenvalue weighted by molar-refractivity contribution is 5.84. The summed E-state index contributed by atoms with van der Waals surface area (Å²) in [4.78, 5) is 40.4. The molecule has 2 unspecified atom stereocenters. The minimum absolute atomic E-state index is 0.102. The van der Waals surface area contributed by atoms with Crippen LogP contribution in [0.4, 0.5) is 4.79 Å². The Labute approximate surface area is 369 Å². The van der Waals surface area contributed by atoms with E-state index in [1.165, 1.54) is 11.1 Å². The number of nitrogens with one attached hydrogen (secondary N) is 4. The average molecular weight is 847 g/mol. The molecule has 0 spiro atoms. The van der Waals surface area contributed by atoms with Crippen molar-refractivity contribution in [3.8, 4) is 28.4 Å². The van der Waals surface area contributed by atoms with Crippen LogP contribution in [0.15, 0.2) is 140 Å². The van der Waals surface area contributed by atoms with Gasteiger partial charge in [-0.25, -0.2) is 10.2 Å². The molecule has 6 aromatic rings. The highest BCUT2D eigenvalue weighted by Crippen LogP contribution is 2.39. The van der Waals surface area contributed by atoms with Gasteiger partial charge in [0.25, 0.3) is 5.91 Å². The first kappa shape index (κ1) is 44.0. The predicted molar refractivity (Wildman–Crippen MR) is 244 cm³/mol. The molecule has 3 atom stereocenters. The molecular formula is C52H54N4O7. The van der Waals surface area contributed by atoms with E-state index >= 15 is 0 Å². The molecule has 11 nitrogen and oxygen atoms in total. The molecule has 4 N–H and O–H groups in total. The number of methoxy groups -OCH3 is 2. The minimum atomic E-state index is -0.679. The molecule has 0 fully saturated rings. The normalized spacial score (nSPS) is 12.8. The molecule has 7 rings (SSSR count). The average Bonchev–Trinajstić information content (AvgIpc) is 3.71. The minimum Gasteiger partial charge on any atom is -0.497 e. The summed E-state index contributed by atoms with van der Waals surface area (Å²) in [6.07, 6.45) is 2.36. The lowest BCUT2D eigenvalue weighted by molar-refractivity contribution is -0.126. The van der Waals surface area contributed by atoms with Gasteiger partial charge < -0.3 is 29.6 Å². The first-order valence-electron chi connectivity index (χ1n) is 21.3. The van der Waals surface area contributed by atoms with Crippen LogP contribution < -0.4 is 35.7 Å². The maximum absolute atomic E-state index is 13.8. The van der Waals surface area contributed by atoms with Crippen molar-refractivity contribution in [2.24, 2.45) is 0 Å².